The Hall–Kier alpha value is -2.99. The topological polar surface area (TPSA) is 66.9 Å². The fraction of sp³-hybridized carbons (Fsp3) is 0.0556. The Morgan fingerprint density at radius 1 is 1.04 bits per heavy atom. The van der Waals surface area contributed by atoms with E-state index in [1.807, 2.05) is 31.2 Å². The van der Waals surface area contributed by atoms with E-state index < -0.39 is 11.7 Å². The number of aryl methyl sites for hydroxylation is 1. The van der Waals surface area contributed by atoms with Crippen molar-refractivity contribution in [3.63, 3.8) is 0 Å². The fourth-order valence-corrected chi connectivity index (χ4v) is 2.23. The number of aromatic nitrogens is 2. The smallest absolute Gasteiger partial charge is 0.258 e. The maximum atomic E-state index is 13.1. The standard InChI is InChI=1S/C18H14ClFN4O/c1-11-2-4-13(5-3-11)24-18-21-9-12(10-22-18)17(25)23-14-6-7-16(20)15(19)8-14/h2-10H,1H3,(H,23,25)(H,21,22,24). The van der Waals surface area contributed by atoms with E-state index in [2.05, 4.69) is 20.6 Å². The van der Waals surface area contributed by atoms with E-state index in [1.165, 1.54) is 30.6 Å². The van der Waals surface area contributed by atoms with Crippen LogP contribution in [0.15, 0.2) is 54.9 Å². The summed E-state index contributed by atoms with van der Waals surface area (Å²) in [4.78, 5) is 20.4. The number of amides is 1. The molecule has 0 fully saturated rings. The number of carbonyl (C=O) groups excluding carboxylic acids is 1. The third-order valence-corrected chi connectivity index (χ3v) is 3.69. The van der Waals surface area contributed by atoms with E-state index in [-0.39, 0.29) is 10.6 Å². The van der Waals surface area contributed by atoms with Gasteiger partial charge in [0.25, 0.3) is 5.91 Å². The van der Waals surface area contributed by atoms with Crippen LogP contribution >= 0.6 is 11.6 Å². The van der Waals surface area contributed by atoms with Crippen molar-refractivity contribution in [2.75, 3.05) is 10.6 Å². The first kappa shape index (κ1) is 16.9. The summed E-state index contributed by atoms with van der Waals surface area (Å²) >= 11 is 5.69. The van der Waals surface area contributed by atoms with Crippen molar-refractivity contribution >= 4 is 34.8 Å². The fourth-order valence-electron chi connectivity index (χ4n) is 2.05. The molecule has 1 heterocycles. The minimum atomic E-state index is -0.547. The zero-order valence-electron chi connectivity index (χ0n) is 13.3. The minimum absolute atomic E-state index is 0.0632. The van der Waals surface area contributed by atoms with E-state index in [1.54, 1.807) is 0 Å². The molecule has 0 aliphatic heterocycles. The average Bonchev–Trinajstić information content (AvgIpc) is 2.61. The molecule has 126 valence electrons. The lowest BCUT2D eigenvalue weighted by molar-refractivity contribution is 0.102. The summed E-state index contributed by atoms with van der Waals surface area (Å²) < 4.78 is 13.1. The molecule has 0 unspecified atom stereocenters. The lowest BCUT2D eigenvalue weighted by Gasteiger charge is -2.07. The van der Waals surface area contributed by atoms with Gasteiger partial charge in [0.15, 0.2) is 0 Å². The SMILES string of the molecule is Cc1ccc(Nc2ncc(C(=O)Nc3ccc(F)c(Cl)c3)cn2)cc1. The predicted octanol–water partition coefficient (Wildman–Crippen LogP) is 4.57. The van der Waals surface area contributed by atoms with Gasteiger partial charge in [0.2, 0.25) is 5.95 Å². The average molecular weight is 357 g/mol. The highest BCUT2D eigenvalue weighted by Crippen LogP contribution is 2.20. The molecule has 25 heavy (non-hydrogen) atoms. The van der Waals surface area contributed by atoms with Crippen molar-refractivity contribution in [2.45, 2.75) is 6.92 Å². The molecular formula is C18H14ClFN4O. The van der Waals surface area contributed by atoms with Gasteiger partial charge in [0.1, 0.15) is 5.82 Å². The summed E-state index contributed by atoms with van der Waals surface area (Å²) in [6, 6.07) is 11.7. The molecule has 1 aromatic heterocycles. The summed E-state index contributed by atoms with van der Waals surface area (Å²) in [7, 11) is 0. The van der Waals surface area contributed by atoms with E-state index in [4.69, 9.17) is 11.6 Å². The highest BCUT2D eigenvalue weighted by Gasteiger charge is 2.09. The van der Waals surface area contributed by atoms with E-state index in [9.17, 15) is 9.18 Å². The quantitative estimate of drug-likeness (QED) is 0.718. The molecule has 0 spiro atoms. The highest BCUT2D eigenvalue weighted by atomic mass is 35.5. The summed E-state index contributed by atoms with van der Waals surface area (Å²) in [6.07, 6.45) is 2.81. The number of hydrogen-bond donors (Lipinski definition) is 2. The Balaban J connectivity index is 1.67. The maximum absolute atomic E-state index is 13.1. The first-order valence-electron chi connectivity index (χ1n) is 7.43. The second kappa shape index (κ2) is 7.27. The third kappa shape index (κ3) is 4.30. The number of rotatable bonds is 4. The van der Waals surface area contributed by atoms with Crippen LogP contribution in [-0.2, 0) is 0 Å². The molecule has 0 saturated carbocycles. The van der Waals surface area contributed by atoms with Gasteiger partial charge < -0.3 is 10.6 Å². The molecule has 2 N–H and O–H groups in total. The molecule has 2 aromatic carbocycles. The zero-order valence-corrected chi connectivity index (χ0v) is 14.0. The molecule has 1 amide bonds. The molecule has 0 aliphatic carbocycles. The Labute approximate surface area is 148 Å². The van der Waals surface area contributed by atoms with Crippen LogP contribution in [0.5, 0.6) is 0 Å². The largest absolute Gasteiger partial charge is 0.324 e. The van der Waals surface area contributed by atoms with Crippen molar-refractivity contribution in [3.8, 4) is 0 Å². The highest BCUT2D eigenvalue weighted by molar-refractivity contribution is 6.31. The first-order chi connectivity index (χ1) is 12.0. The monoisotopic (exact) mass is 356 g/mol. The van der Waals surface area contributed by atoms with E-state index in [0.29, 0.717) is 11.6 Å². The van der Waals surface area contributed by atoms with Gasteiger partial charge in [-0.05, 0) is 37.3 Å². The van der Waals surface area contributed by atoms with E-state index >= 15 is 0 Å². The van der Waals surface area contributed by atoms with Gasteiger partial charge in [-0.25, -0.2) is 14.4 Å². The molecule has 0 saturated heterocycles. The third-order valence-electron chi connectivity index (χ3n) is 3.40. The van der Waals surface area contributed by atoms with Gasteiger partial charge in [-0.2, -0.15) is 0 Å². The van der Waals surface area contributed by atoms with Crippen LogP contribution in [-0.4, -0.2) is 15.9 Å². The molecular weight excluding hydrogens is 343 g/mol. The second-order valence-corrected chi connectivity index (χ2v) is 5.78. The number of hydrogen-bond acceptors (Lipinski definition) is 4. The van der Waals surface area contributed by atoms with Gasteiger partial charge in [0, 0.05) is 23.8 Å². The zero-order chi connectivity index (χ0) is 17.8. The van der Waals surface area contributed by atoms with Gasteiger partial charge in [-0.3, -0.25) is 4.79 Å². The summed E-state index contributed by atoms with van der Waals surface area (Å²) in [6.45, 7) is 2.00. The van der Waals surface area contributed by atoms with Gasteiger partial charge in [-0.15, -0.1) is 0 Å². The number of nitrogens with zero attached hydrogens (tertiary/aromatic N) is 2. The number of halogens is 2. The molecule has 0 radical (unpaired) electrons. The Bertz CT molecular complexity index is 898. The van der Waals surface area contributed by atoms with Gasteiger partial charge >= 0.3 is 0 Å². The van der Waals surface area contributed by atoms with Crippen molar-refractivity contribution in [2.24, 2.45) is 0 Å². The lowest BCUT2D eigenvalue weighted by Crippen LogP contribution is -2.13. The summed E-state index contributed by atoms with van der Waals surface area (Å²) in [5, 5.41) is 5.60. The van der Waals surface area contributed by atoms with Crippen LogP contribution in [0.1, 0.15) is 15.9 Å². The van der Waals surface area contributed by atoms with Crippen LogP contribution in [0.3, 0.4) is 0 Å². The van der Waals surface area contributed by atoms with Crippen molar-refractivity contribution < 1.29 is 9.18 Å². The molecule has 0 aliphatic rings. The summed E-state index contributed by atoms with van der Waals surface area (Å²) in [5.41, 5.74) is 2.66. The first-order valence-corrected chi connectivity index (χ1v) is 7.81. The molecule has 0 atom stereocenters. The second-order valence-electron chi connectivity index (χ2n) is 5.37. The normalized spacial score (nSPS) is 10.4. The Morgan fingerprint density at radius 3 is 2.32 bits per heavy atom. The summed E-state index contributed by atoms with van der Waals surface area (Å²) in [5.74, 6) is -0.579. The minimum Gasteiger partial charge on any atom is -0.324 e. The van der Waals surface area contributed by atoms with Gasteiger partial charge in [0.05, 0.1) is 10.6 Å². The van der Waals surface area contributed by atoms with Crippen molar-refractivity contribution in [1.82, 2.24) is 9.97 Å². The molecule has 3 rings (SSSR count). The van der Waals surface area contributed by atoms with Crippen LogP contribution in [0.4, 0.5) is 21.7 Å². The van der Waals surface area contributed by atoms with Crippen LogP contribution in [0, 0.1) is 12.7 Å². The molecule has 3 aromatic rings. The van der Waals surface area contributed by atoms with Crippen LogP contribution in [0.25, 0.3) is 0 Å². The van der Waals surface area contributed by atoms with Crippen molar-refractivity contribution in [3.05, 3.63) is 76.8 Å². The number of benzene rings is 2. The van der Waals surface area contributed by atoms with Crippen LogP contribution < -0.4 is 10.6 Å². The van der Waals surface area contributed by atoms with Crippen LogP contribution in [0.2, 0.25) is 5.02 Å². The molecule has 5 nitrogen and oxygen atoms in total. The van der Waals surface area contributed by atoms with Gasteiger partial charge in [-0.1, -0.05) is 29.3 Å². The maximum Gasteiger partial charge on any atom is 0.258 e. The van der Waals surface area contributed by atoms with E-state index in [0.717, 1.165) is 11.3 Å². The predicted molar refractivity (Wildman–Crippen MR) is 95.9 cm³/mol. The molecule has 7 heteroatoms. The number of nitrogens with one attached hydrogen (secondary N) is 2. The Morgan fingerprint density at radius 2 is 1.68 bits per heavy atom. The lowest BCUT2D eigenvalue weighted by atomic mass is 10.2. The molecule has 0 bridgehead atoms. The number of anilines is 3. The Kier molecular flexibility index (Phi) is 4.90. The van der Waals surface area contributed by atoms with Crippen molar-refractivity contribution in [1.29, 1.82) is 0 Å². The number of carbonyl (C=O) groups is 1.